The quantitative estimate of drug-likeness (QED) is 0.801. The Bertz CT molecular complexity index is 744. The predicted octanol–water partition coefficient (Wildman–Crippen LogP) is 2.58. The molecule has 3 rings (SSSR count). The van der Waals surface area contributed by atoms with Crippen molar-refractivity contribution in [3.05, 3.63) is 71.5 Å². The number of carbonyl (C=O) groups is 2. The lowest BCUT2D eigenvalue weighted by atomic mass is 10.1. The molecule has 1 atom stereocenters. The zero-order valence-corrected chi connectivity index (χ0v) is 13.6. The molecule has 0 saturated carbocycles. The number of halogens is 1. The minimum atomic E-state index is -1.07. The van der Waals surface area contributed by atoms with Gasteiger partial charge in [-0.1, -0.05) is 36.4 Å². The number of nitrogens with zero attached hydrogens (tertiary/aromatic N) is 1. The number of esters is 1. The molecule has 130 valence electrons. The van der Waals surface area contributed by atoms with Crippen LogP contribution in [0.2, 0.25) is 0 Å². The van der Waals surface area contributed by atoms with E-state index in [0.29, 0.717) is 31.9 Å². The van der Waals surface area contributed by atoms with E-state index in [-0.39, 0.29) is 11.5 Å². The minimum absolute atomic E-state index is 0.0655. The third-order valence-corrected chi connectivity index (χ3v) is 3.93. The third-order valence-electron chi connectivity index (χ3n) is 3.93. The SMILES string of the molecule is O=C(OC(C(=O)N1CCOCC1)c1ccccc1)c1cccc(F)c1. The molecule has 1 heterocycles. The standard InChI is InChI=1S/C19H18FNO4/c20-16-8-4-7-15(13-16)19(23)25-17(14-5-2-1-3-6-14)18(22)21-9-11-24-12-10-21/h1-8,13,17H,9-12H2. The summed E-state index contributed by atoms with van der Waals surface area (Å²) < 4.78 is 24.1. The Kier molecular flexibility index (Phi) is 5.40. The summed E-state index contributed by atoms with van der Waals surface area (Å²) in [5.41, 5.74) is 0.638. The highest BCUT2D eigenvalue weighted by atomic mass is 19.1. The molecule has 2 aromatic carbocycles. The first-order valence-electron chi connectivity index (χ1n) is 8.03. The lowest BCUT2D eigenvalue weighted by Gasteiger charge is -2.30. The highest BCUT2D eigenvalue weighted by Crippen LogP contribution is 2.22. The van der Waals surface area contributed by atoms with Crippen LogP contribution in [-0.2, 0) is 14.3 Å². The summed E-state index contributed by atoms with van der Waals surface area (Å²) in [5, 5.41) is 0. The van der Waals surface area contributed by atoms with Crippen molar-refractivity contribution < 1.29 is 23.5 Å². The van der Waals surface area contributed by atoms with Crippen molar-refractivity contribution in [3.8, 4) is 0 Å². The number of hydrogen-bond donors (Lipinski definition) is 0. The third kappa shape index (κ3) is 4.22. The van der Waals surface area contributed by atoms with Gasteiger partial charge in [0, 0.05) is 18.7 Å². The van der Waals surface area contributed by atoms with Gasteiger partial charge in [-0.3, -0.25) is 4.79 Å². The maximum Gasteiger partial charge on any atom is 0.339 e. The second-order valence-corrected chi connectivity index (χ2v) is 5.64. The van der Waals surface area contributed by atoms with Gasteiger partial charge in [0.25, 0.3) is 5.91 Å². The first-order chi connectivity index (χ1) is 12.1. The molecule has 0 bridgehead atoms. The minimum Gasteiger partial charge on any atom is -0.444 e. The zero-order chi connectivity index (χ0) is 17.6. The predicted molar refractivity (Wildman–Crippen MR) is 88.4 cm³/mol. The average Bonchev–Trinajstić information content (AvgIpc) is 2.67. The number of carbonyl (C=O) groups excluding carboxylic acids is 2. The van der Waals surface area contributed by atoms with Crippen LogP contribution in [-0.4, -0.2) is 43.1 Å². The number of amides is 1. The molecule has 1 saturated heterocycles. The van der Waals surface area contributed by atoms with Crippen molar-refractivity contribution in [2.24, 2.45) is 0 Å². The molecule has 0 spiro atoms. The normalized spacial score (nSPS) is 15.5. The van der Waals surface area contributed by atoms with Crippen LogP contribution in [0.1, 0.15) is 22.0 Å². The Labute approximate surface area is 145 Å². The summed E-state index contributed by atoms with van der Waals surface area (Å²) in [7, 11) is 0. The Morgan fingerprint density at radius 1 is 1.04 bits per heavy atom. The Morgan fingerprint density at radius 2 is 1.76 bits per heavy atom. The van der Waals surface area contributed by atoms with Crippen molar-refractivity contribution >= 4 is 11.9 Å². The van der Waals surface area contributed by atoms with Crippen LogP contribution >= 0.6 is 0 Å². The average molecular weight is 343 g/mol. The van der Waals surface area contributed by atoms with E-state index in [2.05, 4.69) is 0 Å². The van der Waals surface area contributed by atoms with Crippen molar-refractivity contribution in [2.45, 2.75) is 6.10 Å². The van der Waals surface area contributed by atoms with Crippen LogP contribution < -0.4 is 0 Å². The molecule has 1 unspecified atom stereocenters. The van der Waals surface area contributed by atoms with E-state index in [0.717, 1.165) is 6.07 Å². The maximum atomic E-state index is 13.3. The molecule has 1 amide bonds. The molecule has 0 N–H and O–H groups in total. The first-order valence-corrected chi connectivity index (χ1v) is 8.03. The van der Waals surface area contributed by atoms with Crippen LogP contribution in [0.25, 0.3) is 0 Å². The maximum absolute atomic E-state index is 13.3. The van der Waals surface area contributed by atoms with E-state index in [1.807, 2.05) is 6.07 Å². The highest BCUT2D eigenvalue weighted by molar-refractivity contribution is 5.92. The van der Waals surface area contributed by atoms with Crippen molar-refractivity contribution in [1.82, 2.24) is 4.90 Å². The van der Waals surface area contributed by atoms with Gasteiger partial charge in [-0.15, -0.1) is 0 Å². The molecular weight excluding hydrogens is 325 g/mol. The lowest BCUT2D eigenvalue weighted by Crippen LogP contribution is -2.44. The summed E-state index contributed by atoms with van der Waals surface area (Å²) in [4.78, 5) is 26.8. The molecule has 0 radical (unpaired) electrons. The fourth-order valence-corrected chi connectivity index (χ4v) is 2.63. The number of morpholine rings is 1. The van der Waals surface area contributed by atoms with E-state index in [4.69, 9.17) is 9.47 Å². The topological polar surface area (TPSA) is 55.8 Å². The van der Waals surface area contributed by atoms with Crippen LogP contribution in [0, 0.1) is 5.82 Å². The smallest absolute Gasteiger partial charge is 0.339 e. The van der Waals surface area contributed by atoms with Gasteiger partial charge >= 0.3 is 5.97 Å². The Morgan fingerprint density at radius 3 is 2.44 bits per heavy atom. The van der Waals surface area contributed by atoms with E-state index in [9.17, 15) is 14.0 Å². The van der Waals surface area contributed by atoms with Crippen molar-refractivity contribution in [2.75, 3.05) is 26.3 Å². The summed E-state index contributed by atoms with van der Waals surface area (Å²) in [5.74, 6) is -1.58. The summed E-state index contributed by atoms with van der Waals surface area (Å²) >= 11 is 0. The highest BCUT2D eigenvalue weighted by Gasteiger charge is 2.30. The molecule has 1 aliphatic rings. The molecule has 0 aromatic heterocycles. The van der Waals surface area contributed by atoms with Gasteiger partial charge in [0.05, 0.1) is 18.8 Å². The number of ether oxygens (including phenoxy) is 2. The van der Waals surface area contributed by atoms with Crippen LogP contribution in [0.5, 0.6) is 0 Å². The van der Waals surface area contributed by atoms with Gasteiger partial charge in [0.15, 0.2) is 0 Å². The van der Waals surface area contributed by atoms with Gasteiger partial charge < -0.3 is 14.4 Å². The first kappa shape index (κ1) is 17.1. The Hall–Kier alpha value is -2.73. The Balaban J connectivity index is 1.83. The molecule has 6 heteroatoms. The lowest BCUT2D eigenvalue weighted by molar-refractivity contribution is -0.145. The number of hydrogen-bond acceptors (Lipinski definition) is 4. The molecule has 0 aliphatic carbocycles. The van der Waals surface area contributed by atoms with Gasteiger partial charge in [0.1, 0.15) is 5.82 Å². The van der Waals surface area contributed by atoms with Gasteiger partial charge in [-0.05, 0) is 18.2 Å². The largest absolute Gasteiger partial charge is 0.444 e. The van der Waals surface area contributed by atoms with Gasteiger partial charge in [-0.2, -0.15) is 0 Å². The molecule has 1 aliphatic heterocycles. The fourth-order valence-electron chi connectivity index (χ4n) is 2.63. The van der Waals surface area contributed by atoms with E-state index in [1.54, 1.807) is 29.2 Å². The molecule has 1 fully saturated rings. The van der Waals surface area contributed by atoms with Gasteiger partial charge in [-0.25, -0.2) is 9.18 Å². The van der Waals surface area contributed by atoms with E-state index in [1.165, 1.54) is 18.2 Å². The van der Waals surface area contributed by atoms with Gasteiger partial charge in [0.2, 0.25) is 6.10 Å². The molecule has 25 heavy (non-hydrogen) atoms. The van der Waals surface area contributed by atoms with Crippen LogP contribution in [0.3, 0.4) is 0 Å². The number of benzene rings is 2. The second kappa shape index (κ2) is 7.90. The zero-order valence-electron chi connectivity index (χ0n) is 13.6. The summed E-state index contributed by atoms with van der Waals surface area (Å²) in [6.07, 6.45) is -1.07. The fraction of sp³-hybridized carbons (Fsp3) is 0.263. The molecular formula is C19H18FNO4. The van der Waals surface area contributed by atoms with Crippen molar-refractivity contribution in [3.63, 3.8) is 0 Å². The molecule has 5 nitrogen and oxygen atoms in total. The summed E-state index contributed by atoms with van der Waals surface area (Å²) in [6, 6.07) is 14.0. The monoisotopic (exact) mass is 343 g/mol. The summed E-state index contributed by atoms with van der Waals surface area (Å²) in [6.45, 7) is 1.79. The van der Waals surface area contributed by atoms with Crippen molar-refractivity contribution in [1.29, 1.82) is 0 Å². The van der Waals surface area contributed by atoms with E-state index >= 15 is 0 Å². The van der Waals surface area contributed by atoms with Crippen LogP contribution in [0.15, 0.2) is 54.6 Å². The molecule has 2 aromatic rings. The van der Waals surface area contributed by atoms with Crippen LogP contribution in [0.4, 0.5) is 4.39 Å². The number of rotatable bonds is 4. The van der Waals surface area contributed by atoms with E-state index < -0.39 is 17.9 Å². The second-order valence-electron chi connectivity index (χ2n) is 5.64.